The van der Waals surface area contributed by atoms with Gasteiger partial charge >= 0.3 is 5.69 Å². The minimum atomic E-state index is -0.263. The summed E-state index contributed by atoms with van der Waals surface area (Å²) in [5.41, 5.74) is 1.26. The molecule has 6 heteroatoms. The van der Waals surface area contributed by atoms with Gasteiger partial charge in [0.2, 0.25) is 5.95 Å². The molecule has 17 heavy (non-hydrogen) atoms. The number of nitrogens with zero attached hydrogens (tertiary/aromatic N) is 3. The molecule has 0 fully saturated rings. The molecule has 6 nitrogen and oxygen atoms in total. The third-order valence-corrected chi connectivity index (χ3v) is 2.81. The van der Waals surface area contributed by atoms with Crippen LogP contribution in [0.2, 0.25) is 0 Å². The molecule has 0 aliphatic rings. The molecule has 0 unspecified atom stereocenters. The Bertz CT molecular complexity index is 571. The van der Waals surface area contributed by atoms with Crippen LogP contribution in [0.1, 0.15) is 32.9 Å². The van der Waals surface area contributed by atoms with Crippen molar-refractivity contribution in [3.8, 4) is 0 Å². The van der Waals surface area contributed by atoms with Crippen LogP contribution in [-0.4, -0.2) is 25.6 Å². The number of hydrogen-bond donors (Lipinski definition) is 2. The van der Waals surface area contributed by atoms with E-state index in [0.717, 1.165) is 18.5 Å². The predicted molar refractivity (Wildman–Crippen MR) is 66.4 cm³/mol. The number of hydrogen-bond acceptors (Lipinski definition) is 4. The van der Waals surface area contributed by atoms with Crippen LogP contribution in [0.15, 0.2) is 10.9 Å². The zero-order valence-electron chi connectivity index (χ0n) is 10.3. The minimum Gasteiger partial charge on any atom is -0.353 e. The second kappa shape index (κ2) is 4.57. The van der Waals surface area contributed by atoms with Crippen LogP contribution >= 0.6 is 0 Å². The summed E-state index contributed by atoms with van der Waals surface area (Å²) in [5.74, 6) is 0.562. The van der Waals surface area contributed by atoms with Crippen LogP contribution in [0.5, 0.6) is 0 Å². The average molecular weight is 235 g/mol. The second-order valence-electron chi connectivity index (χ2n) is 4.10. The summed E-state index contributed by atoms with van der Waals surface area (Å²) in [6.45, 7) is 6.16. The SMILES string of the molecule is CCc1cc2n[nH]c(=O)n2c(N[C@@H](C)CC)n1. The van der Waals surface area contributed by atoms with E-state index in [0.29, 0.717) is 11.6 Å². The van der Waals surface area contributed by atoms with Crippen molar-refractivity contribution < 1.29 is 0 Å². The molecule has 2 rings (SSSR count). The minimum absolute atomic E-state index is 0.263. The first-order chi connectivity index (χ1) is 8.15. The highest BCUT2D eigenvalue weighted by atomic mass is 16.1. The molecule has 0 saturated heterocycles. The summed E-state index contributed by atoms with van der Waals surface area (Å²) < 4.78 is 1.46. The van der Waals surface area contributed by atoms with Crippen LogP contribution in [0.25, 0.3) is 5.65 Å². The normalized spacial score (nSPS) is 12.9. The highest BCUT2D eigenvalue weighted by Gasteiger charge is 2.10. The molecule has 2 N–H and O–H groups in total. The van der Waals surface area contributed by atoms with Gasteiger partial charge in [-0.1, -0.05) is 13.8 Å². The number of aromatic nitrogens is 4. The molecule has 0 aliphatic carbocycles. The number of aromatic amines is 1. The van der Waals surface area contributed by atoms with Gasteiger partial charge in [0, 0.05) is 17.8 Å². The highest BCUT2D eigenvalue weighted by Crippen LogP contribution is 2.10. The fourth-order valence-corrected chi connectivity index (χ4v) is 1.58. The van der Waals surface area contributed by atoms with E-state index in [1.165, 1.54) is 4.40 Å². The monoisotopic (exact) mass is 235 g/mol. The molecule has 0 aliphatic heterocycles. The Morgan fingerprint density at radius 3 is 2.94 bits per heavy atom. The fraction of sp³-hybridized carbons (Fsp3) is 0.545. The van der Waals surface area contributed by atoms with Crippen molar-refractivity contribution in [2.24, 2.45) is 0 Å². The van der Waals surface area contributed by atoms with Crippen molar-refractivity contribution in [2.75, 3.05) is 5.32 Å². The Balaban J connectivity index is 2.57. The van der Waals surface area contributed by atoms with Gasteiger partial charge in [0.15, 0.2) is 5.65 Å². The van der Waals surface area contributed by atoms with Gasteiger partial charge in [-0.15, -0.1) is 0 Å². The van der Waals surface area contributed by atoms with Gasteiger partial charge < -0.3 is 5.32 Å². The number of aryl methyl sites for hydroxylation is 1. The smallest absolute Gasteiger partial charge is 0.350 e. The van der Waals surface area contributed by atoms with Crippen LogP contribution in [0, 0.1) is 0 Å². The lowest BCUT2D eigenvalue weighted by Gasteiger charge is -2.13. The van der Waals surface area contributed by atoms with E-state index in [1.807, 2.05) is 13.0 Å². The van der Waals surface area contributed by atoms with Crippen molar-refractivity contribution in [3.63, 3.8) is 0 Å². The van der Waals surface area contributed by atoms with E-state index < -0.39 is 0 Å². The first-order valence-electron chi connectivity index (χ1n) is 5.89. The van der Waals surface area contributed by atoms with E-state index >= 15 is 0 Å². The first-order valence-corrected chi connectivity index (χ1v) is 5.89. The Kier molecular flexibility index (Phi) is 3.12. The maximum absolute atomic E-state index is 11.6. The second-order valence-corrected chi connectivity index (χ2v) is 4.10. The summed E-state index contributed by atoms with van der Waals surface area (Å²) in [6.07, 6.45) is 1.78. The summed E-state index contributed by atoms with van der Waals surface area (Å²) in [4.78, 5) is 16.1. The van der Waals surface area contributed by atoms with Crippen LogP contribution < -0.4 is 11.0 Å². The van der Waals surface area contributed by atoms with Crippen LogP contribution in [0.3, 0.4) is 0 Å². The zero-order valence-corrected chi connectivity index (χ0v) is 10.3. The van der Waals surface area contributed by atoms with Crippen molar-refractivity contribution >= 4 is 11.6 Å². The first kappa shape index (κ1) is 11.6. The lowest BCUT2D eigenvalue weighted by atomic mass is 10.3. The van der Waals surface area contributed by atoms with Gasteiger partial charge in [0.1, 0.15) is 0 Å². The number of H-pyrrole nitrogens is 1. The molecule has 2 aromatic rings. The Morgan fingerprint density at radius 1 is 1.53 bits per heavy atom. The van der Waals surface area contributed by atoms with E-state index in [-0.39, 0.29) is 11.7 Å². The Morgan fingerprint density at radius 2 is 2.29 bits per heavy atom. The zero-order chi connectivity index (χ0) is 12.4. The number of rotatable bonds is 4. The lowest BCUT2D eigenvalue weighted by Crippen LogP contribution is -2.22. The molecule has 0 bridgehead atoms. The molecule has 0 spiro atoms. The van der Waals surface area contributed by atoms with Crippen LogP contribution in [-0.2, 0) is 6.42 Å². The fourth-order valence-electron chi connectivity index (χ4n) is 1.58. The van der Waals surface area contributed by atoms with E-state index in [1.54, 1.807) is 0 Å². The molecule has 0 radical (unpaired) electrons. The van der Waals surface area contributed by atoms with Crippen molar-refractivity contribution in [1.82, 2.24) is 19.6 Å². The van der Waals surface area contributed by atoms with Crippen LogP contribution in [0.4, 0.5) is 5.95 Å². The largest absolute Gasteiger partial charge is 0.353 e. The van der Waals surface area contributed by atoms with E-state index in [9.17, 15) is 4.79 Å². The molecular formula is C11H17N5O. The Labute approximate surface area is 99.1 Å². The number of nitrogens with one attached hydrogen (secondary N) is 2. The third kappa shape index (κ3) is 2.15. The molecule has 2 aromatic heterocycles. The van der Waals surface area contributed by atoms with Gasteiger partial charge in [-0.25, -0.2) is 19.3 Å². The van der Waals surface area contributed by atoms with Crippen molar-refractivity contribution in [2.45, 2.75) is 39.7 Å². The van der Waals surface area contributed by atoms with Gasteiger partial charge in [-0.05, 0) is 19.8 Å². The maximum Gasteiger partial charge on any atom is 0.350 e. The lowest BCUT2D eigenvalue weighted by molar-refractivity contribution is 0.744. The van der Waals surface area contributed by atoms with Gasteiger partial charge in [-0.3, -0.25) is 0 Å². The summed E-state index contributed by atoms with van der Waals surface area (Å²) in [6, 6.07) is 2.08. The van der Waals surface area contributed by atoms with E-state index in [4.69, 9.17) is 0 Å². The predicted octanol–water partition coefficient (Wildman–Crippen LogP) is 1.19. The standard InChI is InChI=1S/C11H17N5O/c1-4-7(3)12-10-13-8(5-2)6-9-14-15-11(17)16(9)10/h6-7H,4-5H2,1-3H3,(H,12,13)(H,15,17)/t7-/m0/s1. The van der Waals surface area contributed by atoms with Crippen molar-refractivity contribution in [3.05, 3.63) is 22.2 Å². The molecule has 0 saturated carbocycles. The third-order valence-electron chi connectivity index (χ3n) is 2.81. The Hall–Kier alpha value is -1.85. The average Bonchev–Trinajstić information content (AvgIpc) is 2.71. The molecular weight excluding hydrogens is 218 g/mol. The van der Waals surface area contributed by atoms with Gasteiger partial charge in [0.25, 0.3) is 0 Å². The maximum atomic E-state index is 11.6. The number of anilines is 1. The van der Waals surface area contributed by atoms with Gasteiger partial charge in [0.05, 0.1) is 0 Å². The highest BCUT2D eigenvalue weighted by molar-refractivity contribution is 5.46. The molecule has 1 atom stereocenters. The number of fused-ring (bicyclic) bond motifs is 1. The molecule has 0 aromatic carbocycles. The summed E-state index contributed by atoms with van der Waals surface area (Å²) >= 11 is 0. The van der Waals surface area contributed by atoms with Crippen molar-refractivity contribution in [1.29, 1.82) is 0 Å². The summed E-state index contributed by atoms with van der Waals surface area (Å²) in [7, 11) is 0. The molecule has 2 heterocycles. The van der Waals surface area contributed by atoms with Gasteiger partial charge in [-0.2, -0.15) is 5.10 Å². The summed E-state index contributed by atoms with van der Waals surface area (Å²) in [5, 5.41) is 9.63. The quantitative estimate of drug-likeness (QED) is 0.834. The molecule has 92 valence electrons. The van der Waals surface area contributed by atoms with E-state index in [2.05, 4.69) is 34.3 Å². The molecule has 0 amide bonds. The topological polar surface area (TPSA) is 75.1 Å².